The van der Waals surface area contributed by atoms with Crippen molar-refractivity contribution in [3.8, 4) is 0 Å². The van der Waals surface area contributed by atoms with Gasteiger partial charge in [0.05, 0.1) is 12.1 Å². The summed E-state index contributed by atoms with van der Waals surface area (Å²) in [6.45, 7) is 10.4. The van der Waals surface area contributed by atoms with Gasteiger partial charge in [-0.15, -0.1) is 0 Å². The molecule has 38 heavy (non-hydrogen) atoms. The van der Waals surface area contributed by atoms with Crippen LogP contribution < -0.4 is 21.3 Å². The van der Waals surface area contributed by atoms with Gasteiger partial charge in [-0.05, 0) is 49.2 Å². The first-order valence-electron chi connectivity index (χ1n) is 13.2. The number of ketones is 1. The summed E-state index contributed by atoms with van der Waals surface area (Å²) in [4.78, 5) is 68.8. The van der Waals surface area contributed by atoms with Crippen molar-refractivity contribution in [3.63, 3.8) is 0 Å². The second kappa shape index (κ2) is 11.9. The van der Waals surface area contributed by atoms with Crippen LogP contribution in [-0.2, 0) is 24.0 Å². The number of allylic oxidation sites excluding steroid dienone is 3. The van der Waals surface area contributed by atoms with E-state index in [4.69, 9.17) is 0 Å². The van der Waals surface area contributed by atoms with Gasteiger partial charge in [0.1, 0.15) is 12.1 Å². The molecule has 206 valence electrons. The Morgan fingerprint density at radius 2 is 1.63 bits per heavy atom. The Morgan fingerprint density at radius 1 is 0.947 bits per heavy atom. The zero-order valence-corrected chi connectivity index (χ0v) is 23.0. The van der Waals surface area contributed by atoms with Crippen molar-refractivity contribution in [1.82, 2.24) is 21.3 Å². The minimum atomic E-state index is -1.02. The number of amides is 4. The Balaban J connectivity index is 1.65. The summed E-state index contributed by atoms with van der Waals surface area (Å²) in [6, 6.07) is -3.09. The second-order valence-electron chi connectivity index (χ2n) is 11.5. The molecule has 1 heterocycles. The van der Waals surface area contributed by atoms with Crippen LogP contribution in [0.2, 0.25) is 0 Å². The molecule has 1 unspecified atom stereocenters. The van der Waals surface area contributed by atoms with Crippen molar-refractivity contribution in [2.45, 2.75) is 91.0 Å². The van der Waals surface area contributed by atoms with Gasteiger partial charge in [0.2, 0.25) is 17.6 Å². The Bertz CT molecular complexity index is 1110. The van der Waals surface area contributed by atoms with Gasteiger partial charge in [0.15, 0.2) is 0 Å². The smallest absolute Gasteiger partial charge is 0.289 e. The summed E-state index contributed by atoms with van der Waals surface area (Å²) in [5, 5.41) is 10.7. The number of Topliss-reactive ketones (excluding diaryl/α,β-unsaturated/α-hetero) is 1. The van der Waals surface area contributed by atoms with Crippen LogP contribution in [0.4, 0.5) is 0 Å². The monoisotopic (exact) mass is 525 g/mol. The number of dihydropyridines is 1. The highest BCUT2D eigenvalue weighted by molar-refractivity contribution is 6.38. The molecule has 4 atom stereocenters. The zero-order valence-electron chi connectivity index (χ0n) is 23.0. The van der Waals surface area contributed by atoms with Crippen molar-refractivity contribution >= 4 is 35.6 Å². The van der Waals surface area contributed by atoms with E-state index in [1.54, 1.807) is 26.1 Å². The lowest BCUT2D eigenvalue weighted by Crippen LogP contribution is -2.59. The fraction of sp³-hybridized carbons (Fsp3) is 0.571. The number of rotatable bonds is 10. The number of carbonyl (C=O) groups excluding carboxylic acids is 5. The molecular weight excluding hydrogens is 486 g/mol. The molecule has 1 aliphatic heterocycles. The molecule has 1 saturated carbocycles. The minimum Gasteiger partial charge on any atom is -0.347 e. The number of hydrogen-bond donors (Lipinski definition) is 4. The van der Waals surface area contributed by atoms with Gasteiger partial charge in [0, 0.05) is 17.8 Å². The Labute approximate surface area is 223 Å². The molecule has 3 rings (SSSR count). The van der Waals surface area contributed by atoms with Crippen LogP contribution in [0.3, 0.4) is 0 Å². The molecular formula is C28H39N5O5. The van der Waals surface area contributed by atoms with Gasteiger partial charge in [-0.2, -0.15) is 0 Å². The van der Waals surface area contributed by atoms with Crippen molar-refractivity contribution in [3.05, 3.63) is 35.5 Å². The van der Waals surface area contributed by atoms with Crippen LogP contribution in [0, 0.1) is 11.3 Å². The minimum absolute atomic E-state index is 0.0196. The van der Waals surface area contributed by atoms with Gasteiger partial charge in [-0.1, -0.05) is 52.8 Å². The third-order valence-corrected chi connectivity index (χ3v) is 6.73. The van der Waals surface area contributed by atoms with Crippen LogP contribution in [-0.4, -0.2) is 65.8 Å². The van der Waals surface area contributed by atoms with E-state index in [0.717, 1.165) is 18.4 Å². The lowest BCUT2D eigenvalue weighted by molar-refractivity contribution is -0.141. The average molecular weight is 526 g/mol. The van der Waals surface area contributed by atoms with E-state index in [0.29, 0.717) is 12.0 Å². The number of nitrogens with one attached hydrogen (secondary N) is 4. The Morgan fingerprint density at radius 3 is 2.24 bits per heavy atom. The van der Waals surface area contributed by atoms with Crippen molar-refractivity contribution < 1.29 is 24.0 Å². The van der Waals surface area contributed by atoms with E-state index >= 15 is 0 Å². The summed E-state index contributed by atoms with van der Waals surface area (Å²) in [5.41, 5.74) is 0.574. The van der Waals surface area contributed by atoms with Gasteiger partial charge in [0.25, 0.3) is 11.8 Å². The fourth-order valence-corrected chi connectivity index (χ4v) is 4.24. The van der Waals surface area contributed by atoms with Gasteiger partial charge in [-0.25, -0.2) is 0 Å². The second-order valence-corrected chi connectivity index (χ2v) is 11.5. The van der Waals surface area contributed by atoms with Crippen molar-refractivity contribution in [2.24, 2.45) is 16.3 Å². The molecule has 2 aliphatic carbocycles. The standard InChI is InChI=1S/C28H39N5O5/c1-15(2)21(22(34)26(37)31-17-11-12-17)32-24(35)16(3)30-27(38)23(28(4,5)6)33-25(36)19-13-14-29-20-10-8-7-9-18(19)20/h7-9,13-17,20-21,23H,10-12H2,1-6H3,(H,30,38)(H,31,37)(H,32,35)(H,33,36)/t16-,20?,21-,23+/m0/s1. The highest BCUT2D eigenvalue weighted by Crippen LogP contribution is 2.27. The van der Waals surface area contributed by atoms with E-state index < -0.39 is 53.0 Å². The first kappa shape index (κ1) is 29.0. The van der Waals surface area contributed by atoms with Gasteiger partial charge in [-0.3, -0.25) is 29.0 Å². The maximum atomic E-state index is 13.3. The molecule has 10 heteroatoms. The molecule has 1 fully saturated rings. The fourth-order valence-electron chi connectivity index (χ4n) is 4.24. The highest BCUT2D eigenvalue weighted by atomic mass is 16.2. The van der Waals surface area contributed by atoms with Gasteiger partial charge >= 0.3 is 0 Å². The first-order valence-corrected chi connectivity index (χ1v) is 13.2. The summed E-state index contributed by atoms with van der Waals surface area (Å²) in [6.07, 6.45) is 11.3. The van der Waals surface area contributed by atoms with E-state index in [1.807, 2.05) is 39.0 Å². The molecule has 0 aromatic heterocycles. The lowest BCUT2D eigenvalue weighted by atomic mass is 9.84. The normalized spacial score (nSPS) is 20.8. The number of carbonyl (C=O) groups is 5. The van der Waals surface area contributed by atoms with Crippen LogP contribution >= 0.6 is 0 Å². The molecule has 0 spiro atoms. The SMILES string of the molecule is CC(C)[C@H](NC(=O)[C@H](C)NC(=O)[C@@H](NC(=O)C1=CC=NC2CC=CC=C12)C(C)(C)C)C(=O)C(=O)NC1CC1. The Hall–Kier alpha value is -3.56. The molecule has 0 aromatic rings. The summed E-state index contributed by atoms with van der Waals surface area (Å²) >= 11 is 0. The van der Waals surface area contributed by atoms with Crippen LogP contribution in [0.1, 0.15) is 60.8 Å². The number of nitrogens with zero attached hydrogens (tertiary/aromatic N) is 1. The van der Waals surface area contributed by atoms with Crippen molar-refractivity contribution in [1.29, 1.82) is 0 Å². The molecule has 0 radical (unpaired) electrons. The average Bonchev–Trinajstić information content (AvgIpc) is 3.67. The predicted molar refractivity (Wildman–Crippen MR) is 144 cm³/mol. The maximum Gasteiger partial charge on any atom is 0.289 e. The molecule has 3 aliphatic rings. The van der Waals surface area contributed by atoms with Crippen molar-refractivity contribution in [2.75, 3.05) is 0 Å². The highest BCUT2D eigenvalue weighted by Gasteiger charge is 2.37. The van der Waals surface area contributed by atoms with Gasteiger partial charge < -0.3 is 21.3 Å². The van der Waals surface area contributed by atoms with Crippen LogP contribution in [0.15, 0.2) is 40.4 Å². The topological polar surface area (TPSA) is 146 Å². The zero-order chi connectivity index (χ0) is 28.2. The van der Waals surface area contributed by atoms with E-state index in [9.17, 15) is 24.0 Å². The summed E-state index contributed by atoms with van der Waals surface area (Å²) in [7, 11) is 0. The van der Waals surface area contributed by atoms with Crippen LogP contribution in [0.25, 0.3) is 0 Å². The molecule has 4 amide bonds. The number of hydrogen-bond acceptors (Lipinski definition) is 6. The lowest BCUT2D eigenvalue weighted by Gasteiger charge is -2.32. The molecule has 4 N–H and O–H groups in total. The predicted octanol–water partition coefficient (Wildman–Crippen LogP) is 1.28. The van der Waals surface area contributed by atoms with Crippen LogP contribution in [0.5, 0.6) is 0 Å². The summed E-state index contributed by atoms with van der Waals surface area (Å²) in [5.74, 6) is -3.30. The first-order chi connectivity index (χ1) is 17.8. The third kappa shape index (κ3) is 7.26. The maximum absolute atomic E-state index is 13.3. The van der Waals surface area contributed by atoms with E-state index in [1.165, 1.54) is 6.92 Å². The third-order valence-electron chi connectivity index (χ3n) is 6.73. The largest absolute Gasteiger partial charge is 0.347 e. The van der Waals surface area contributed by atoms with E-state index in [2.05, 4.69) is 26.3 Å². The Kier molecular flexibility index (Phi) is 9.06. The number of fused-ring (bicyclic) bond motifs is 1. The molecule has 0 aromatic carbocycles. The quantitative estimate of drug-likeness (QED) is 0.318. The molecule has 0 saturated heterocycles. The summed E-state index contributed by atoms with van der Waals surface area (Å²) < 4.78 is 0. The van der Waals surface area contributed by atoms with E-state index in [-0.39, 0.29) is 18.0 Å². The number of aliphatic imine (C=N–C) groups is 1. The molecule has 0 bridgehead atoms. The molecule has 10 nitrogen and oxygen atoms in total.